The second kappa shape index (κ2) is 10.3. The second-order valence-corrected chi connectivity index (χ2v) is 6.69. The second-order valence-electron chi connectivity index (χ2n) is 6.69. The van der Waals surface area contributed by atoms with Gasteiger partial charge >= 0.3 is 0 Å². The molecule has 0 aliphatic carbocycles. The minimum Gasteiger partial charge on any atom is -0.393 e. The summed E-state index contributed by atoms with van der Waals surface area (Å²) in [4.78, 5) is 11.9. The lowest BCUT2D eigenvalue weighted by Gasteiger charge is -2.31. The van der Waals surface area contributed by atoms with Gasteiger partial charge in [0.25, 0.3) is 0 Å². The van der Waals surface area contributed by atoms with Gasteiger partial charge in [0.1, 0.15) is 5.78 Å². The lowest BCUT2D eigenvalue weighted by Crippen LogP contribution is -2.38. The van der Waals surface area contributed by atoms with E-state index in [0.717, 1.165) is 0 Å². The molecule has 0 saturated carbocycles. The van der Waals surface area contributed by atoms with Crippen LogP contribution >= 0.6 is 0 Å². The number of carbonyl (C=O) groups is 1. The molecule has 4 heteroatoms. The molecule has 0 radical (unpaired) electrons. The lowest BCUT2D eigenvalue weighted by molar-refractivity contribution is -0.132. The van der Waals surface area contributed by atoms with Crippen molar-refractivity contribution in [2.75, 3.05) is 0 Å². The number of rotatable bonds is 11. The largest absolute Gasteiger partial charge is 0.393 e. The number of carbonyl (C=O) groups excluding carboxylic acids is 1. The van der Waals surface area contributed by atoms with E-state index in [1.807, 2.05) is 41.5 Å². The van der Waals surface area contributed by atoms with Crippen LogP contribution in [0.3, 0.4) is 0 Å². The summed E-state index contributed by atoms with van der Waals surface area (Å²) in [5, 5.41) is 9.68. The summed E-state index contributed by atoms with van der Waals surface area (Å²) in [5.74, 6) is 0.290. The van der Waals surface area contributed by atoms with E-state index < -0.39 is 6.10 Å². The summed E-state index contributed by atoms with van der Waals surface area (Å²) in [6, 6.07) is 0. The van der Waals surface area contributed by atoms with Crippen LogP contribution in [0.1, 0.15) is 67.7 Å². The van der Waals surface area contributed by atoms with E-state index in [9.17, 15) is 9.90 Å². The van der Waals surface area contributed by atoms with Crippen molar-refractivity contribution in [1.82, 2.24) is 0 Å². The topological polar surface area (TPSA) is 55.8 Å². The maximum atomic E-state index is 11.9. The van der Waals surface area contributed by atoms with Gasteiger partial charge in [0.2, 0.25) is 0 Å². The van der Waals surface area contributed by atoms with Gasteiger partial charge < -0.3 is 14.6 Å². The molecule has 0 aliphatic heterocycles. The van der Waals surface area contributed by atoms with E-state index in [1.165, 1.54) is 0 Å². The number of hydrogen-bond acceptors (Lipinski definition) is 4. The van der Waals surface area contributed by atoms with E-state index in [4.69, 9.17) is 9.47 Å². The first kappa shape index (κ1) is 20.6. The van der Waals surface area contributed by atoms with Crippen LogP contribution in [-0.4, -0.2) is 41.4 Å². The smallest absolute Gasteiger partial charge is 0.135 e. The molecule has 0 amide bonds. The summed E-state index contributed by atoms with van der Waals surface area (Å²) >= 11 is 0. The molecule has 3 atom stereocenters. The predicted molar refractivity (Wildman–Crippen MR) is 85.4 cm³/mol. The Morgan fingerprint density at radius 1 is 0.905 bits per heavy atom. The van der Waals surface area contributed by atoms with E-state index >= 15 is 0 Å². The van der Waals surface area contributed by atoms with E-state index in [1.54, 1.807) is 6.92 Å². The molecule has 0 heterocycles. The monoisotopic (exact) mass is 302 g/mol. The minimum atomic E-state index is -0.451. The zero-order valence-electron chi connectivity index (χ0n) is 14.8. The molecule has 0 rings (SSSR count). The van der Waals surface area contributed by atoms with Gasteiger partial charge in [0.05, 0.1) is 30.5 Å². The maximum absolute atomic E-state index is 11.9. The summed E-state index contributed by atoms with van der Waals surface area (Å²) in [5.41, 5.74) is 0. The average Bonchev–Trinajstić information content (AvgIpc) is 2.31. The summed E-state index contributed by atoms with van der Waals surface area (Å²) < 4.78 is 11.9. The predicted octanol–water partition coefficient (Wildman–Crippen LogP) is 3.35. The highest BCUT2D eigenvalue weighted by Crippen LogP contribution is 2.20. The summed E-state index contributed by atoms with van der Waals surface area (Å²) in [6.45, 7) is 13.5. The van der Waals surface area contributed by atoms with Crippen LogP contribution < -0.4 is 0 Å². The van der Waals surface area contributed by atoms with Gasteiger partial charge in [-0.05, 0) is 41.0 Å². The molecule has 0 aliphatic rings. The van der Waals surface area contributed by atoms with Crippen LogP contribution in [0, 0.1) is 5.92 Å². The van der Waals surface area contributed by atoms with Crippen LogP contribution in [0.4, 0.5) is 0 Å². The third kappa shape index (κ3) is 9.99. The standard InChI is InChI=1S/C17H34O4/c1-11(2)15(19)8-9-16(20-12(3)4)17(10-14(7)18)21-13(5)6/h11-14,16-18H,8-10H2,1-7H3. The zero-order valence-corrected chi connectivity index (χ0v) is 14.8. The highest BCUT2D eigenvalue weighted by molar-refractivity contribution is 5.80. The molecule has 3 unspecified atom stereocenters. The number of ether oxygens (including phenoxy) is 2. The Hall–Kier alpha value is -0.450. The van der Waals surface area contributed by atoms with E-state index in [0.29, 0.717) is 19.3 Å². The van der Waals surface area contributed by atoms with E-state index in [2.05, 4.69) is 0 Å². The van der Waals surface area contributed by atoms with Crippen LogP contribution in [0.2, 0.25) is 0 Å². The number of ketones is 1. The number of hydrogen-bond donors (Lipinski definition) is 1. The fraction of sp³-hybridized carbons (Fsp3) is 0.941. The van der Waals surface area contributed by atoms with Gasteiger partial charge in [-0.25, -0.2) is 0 Å². The fourth-order valence-corrected chi connectivity index (χ4v) is 2.25. The van der Waals surface area contributed by atoms with E-state index in [-0.39, 0.29) is 36.1 Å². The summed E-state index contributed by atoms with van der Waals surface area (Å²) in [7, 11) is 0. The molecule has 0 aromatic heterocycles. The van der Waals surface area contributed by atoms with Crippen molar-refractivity contribution in [2.24, 2.45) is 5.92 Å². The van der Waals surface area contributed by atoms with Gasteiger partial charge in [-0.3, -0.25) is 4.79 Å². The molecule has 4 nitrogen and oxygen atoms in total. The van der Waals surface area contributed by atoms with Crippen molar-refractivity contribution in [1.29, 1.82) is 0 Å². The molecule has 0 aromatic carbocycles. The molecular weight excluding hydrogens is 268 g/mol. The Labute approximate surface area is 130 Å². The van der Waals surface area contributed by atoms with Crippen LogP contribution in [0.15, 0.2) is 0 Å². The molecule has 0 spiro atoms. The molecule has 0 aromatic rings. The highest BCUT2D eigenvalue weighted by atomic mass is 16.5. The molecular formula is C17H34O4. The molecule has 0 fully saturated rings. The number of aliphatic hydroxyl groups excluding tert-OH is 1. The lowest BCUT2D eigenvalue weighted by atomic mass is 9.97. The zero-order chi connectivity index (χ0) is 16.6. The van der Waals surface area contributed by atoms with Crippen molar-refractivity contribution >= 4 is 5.78 Å². The Balaban J connectivity index is 4.81. The van der Waals surface area contributed by atoms with Crippen molar-refractivity contribution < 1.29 is 19.4 Å². The number of aliphatic hydroxyl groups is 1. The van der Waals surface area contributed by atoms with Gasteiger partial charge in [-0.1, -0.05) is 13.8 Å². The molecule has 0 bridgehead atoms. The third-order valence-electron chi connectivity index (χ3n) is 3.20. The summed E-state index contributed by atoms with van der Waals surface area (Å²) in [6.07, 6.45) is 0.978. The third-order valence-corrected chi connectivity index (χ3v) is 3.20. The normalized spacial score (nSPS) is 16.5. The quantitative estimate of drug-likeness (QED) is 0.636. The first-order valence-electron chi connectivity index (χ1n) is 8.15. The van der Waals surface area contributed by atoms with Crippen molar-refractivity contribution in [3.63, 3.8) is 0 Å². The Morgan fingerprint density at radius 3 is 1.76 bits per heavy atom. The molecule has 1 N–H and O–H groups in total. The van der Waals surface area contributed by atoms with Crippen molar-refractivity contribution in [3.05, 3.63) is 0 Å². The molecule has 126 valence electrons. The van der Waals surface area contributed by atoms with Gasteiger partial charge in [0.15, 0.2) is 0 Å². The SMILES string of the molecule is CC(O)CC(OC(C)C)C(CCC(=O)C(C)C)OC(C)C. The maximum Gasteiger partial charge on any atom is 0.135 e. The Morgan fingerprint density at radius 2 is 1.38 bits per heavy atom. The highest BCUT2D eigenvalue weighted by Gasteiger charge is 2.27. The van der Waals surface area contributed by atoms with Gasteiger partial charge in [-0.2, -0.15) is 0 Å². The van der Waals surface area contributed by atoms with Crippen LogP contribution in [0.5, 0.6) is 0 Å². The Bertz CT molecular complexity index is 275. The average molecular weight is 302 g/mol. The minimum absolute atomic E-state index is 0.0472. The van der Waals surface area contributed by atoms with Crippen molar-refractivity contribution in [3.8, 4) is 0 Å². The molecule has 0 saturated heterocycles. The first-order valence-corrected chi connectivity index (χ1v) is 8.15. The fourth-order valence-electron chi connectivity index (χ4n) is 2.25. The van der Waals surface area contributed by atoms with Gasteiger partial charge in [-0.15, -0.1) is 0 Å². The molecule has 21 heavy (non-hydrogen) atoms. The Kier molecular flexibility index (Phi) is 10.1. The van der Waals surface area contributed by atoms with Crippen molar-refractivity contribution in [2.45, 2.75) is 98.2 Å². The van der Waals surface area contributed by atoms with Crippen LogP contribution in [0.25, 0.3) is 0 Å². The van der Waals surface area contributed by atoms with Crippen LogP contribution in [-0.2, 0) is 14.3 Å². The number of Topliss-reactive ketones (excluding diaryl/α,β-unsaturated/α-hetero) is 1. The van der Waals surface area contributed by atoms with Gasteiger partial charge in [0, 0.05) is 18.8 Å². The first-order chi connectivity index (χ1) is 9.63.